The molecule has 0 aliphatic carbocycles. The first-order valence-electron chi connectivity index (χ1n) is 8.01. The second-order valence-corrected chi connectivity index (χ2v) is 5.80. The van der Waals surface area contributed by atoms with Crippen LogP contribution in [0.5, 0.6) is 0 Å². The minimum Gasteiger partial charge on any atom is -0.352 e. The van der Waals surface area contributed by atoms with Gasteiger partial charge in [0.1, 0.15) is 12.0 Å². The number of nitriles is 1. The van der Waals surface area contributed by atoms with Crippen LogP contribution in [0.15, 0.2) is 42.5 Å². The van der Waals surface area contributed by atoms with Crippen molar-refractivity contribution in [1.29, 1.82) is 5.26 Å². The number of rotatable bonds is 6. The first kappa shape index (κ1) is 21.4. The Morgan fingerprint density at radius 3 is 2.31 bits per heavy atom. The van der Waals surface area contributed by atoms with Crippen molar-refractivity contribution >= 4 is 23.2 Å². The summed E-state index contributed by atoms with van der Waals surface area (Å²) in [5.74, 6) is -1.56. The lowest BCUT2D eigenvalue weighted by molar-refractivity contribution is -0.388. The van der Waals surface area contributed by atoms with E-state index in [9.17, 15) is 32.9 Å². The molecule has 2 aromatic rings. The molecule has 0 fully saturated rings. The Balaban J connectivity index is 1.96. The van der Waals surface area contributed by atoms with Crippen molar-refractivity contribution in [3.63, 3.8) is 0 Å². The van der Waals surface area contributed by atoms with E-state index in [1.54, 1.807) is 24.3 Å². The van der Waals surface area contributed by atoms with Gasteiger partial charge in [0.2, 0.25) is 11.8 Å². The highest BCUT2D eigenvalue weighted by Gasteiger charge is 2.38. The van der Waals surface area contributed by atoms with Gasteiger partial charge < -0.3 is 10.6 Å². The standard InChI is InChI=1S/C18H13F3N4O4/c19-18(20,21)14-7-13(5-6-15(14)25(28)29)24-17(27)8-16(26)23-10-12-3-1-11(9-22)2-4-12/h1-7H,8,10H2,(H,23,26)(H,24,27). The molecule has 2 N–H and O–H groups in total. The third-order valence-corrected chi connectivity index (χ3v) is 3.68. The SMILES string of the molecule is N#Cc1ccc(CNC(=O)CC(=O)Nc2ccc([N+](=O)[O-])c(C(F)(F)F)c2)cc1. The summed E-state index contributed by atoms with van der Waals surface area (Å²) < 4.78 is 38.8. The summed E-state index contributed by atoms with van der Waals surface area (Å²) >= 11 is 0. The number of alkyl halides is 3. The third-order valence-electron chi connectivity index (χ3n) is 3.68. The van der Waals surface area contributed by atoms with E-state index in [-0.39, 0.29) is 12.2 Å². The molecular formula is C18H13F3N4O4. The van der Waals surface area contributed by atoms with E-state index in [1.165, 1.54) is 0 Å². The maximum atomic E-state index is 12.9. The molecule has 11 heteroatoms. The monoisotopic (exact) mass is 406 g/mol. The van der Waals surface area contributed by atoms with Crippen molar-refractivity contribution in [2.75, 3.05) is 5.32 Å². The molecule has 0 saturated carbocycles. The van der Waals surface area contributed by atoms with Crippen LogP contribution in [0.25, 0.3) is 0 Å². The largest absolute Gasteiger partial charge is 0.423 e. The smallest absolute Gasteiger partial charge is 0.352 e. The summed E-state index contributed by atoms with van der Waals surface area (Å²) in [6.45, 7) is 0.0908. The maximum Gasteiger partial charge on any atom is 0.423 e. The molecule has 2 rings (SSSR count). The number of nitro groups is 1. The van der Waals surface area contributed by atoms with Gasteiger partial charge in [0, 0.05) is 18.3 Å². The minimum absolute atomic E-state index is 0.0908. The predicted molar refractivity (Wildman–Crippen MR) is 94.3 cm³/mol. The number of carbonyl (C=O) groups excluding carboxylic acids is 2. The van der Waals surface area contributed by atoms with Crippen LogP contribution in [0.1, 0.15) is 23.1 Å². The Morgan fingerprint density at radius 2 is 1.76 bits per heavy atom. The predicted octanol–water partition coefficient (Wildman–Crippen LogP) is 3.13. The number of benzene rings is 2. The number of nitro benzene ring substituents is 1. The fourth-order valence-corrected chi connectivity index (χ4v) is 2.31. The first-order chi connectivity index (χ1) is 13.6. The summed E-state index contributed by atoms with van der Waals surface area (Å²) in [4.78, 5) is 33.2. The zero-order chi connectivity index (χ0) is 21.6. The molecule has 0 aliphatic heterocycles. The van der Waals surface area contributed by atoms with Gasteiger partial charge in [0.05, 0.1) is 16.6 Å². The van der Waals surface area contributed by atoms with E-state index < -0.39 is 40.6 Å². The fourth-order valence-electron chi connectivity index (χ4n) is 2.31. The molecule has 0 aliphatic rings. The normalized spacial score (nSPS) is 10.7. The lowest BCUT2D eigenvalue weighted by atomic mass is 10.1. The number of hydrogen-bond acceptors (Lipinski definition) is 5. The molecule has 2 amide bonds. The zero-order valence-electron chi connectivity index (χ0n) is 14.6. The molecule has 0 unspecified atom stereocenters. The number of anilines is 1. The highest BCUT2D eigenvalue weighted by Crippen LogP contribution is 2.37. The van der Waals surface area contributed by atoms with Gasteiger partial charge in [-0.25, -0.2) is 0 Å². The van der Waals surface area contributed by atoms with Crippen LogP contribution in [0.3, 0.4) is 0 Å². The van der Waals surface area contributed by atoms with Crippen molar-refractivity contribution in [3.8, 4) is 6.07 Å². The molecule has 0 bridgehead atoms. The Labute approximate surface area is 162 Å². The maximum absolute atomic E-state index is 12.9. The van der Waals surface area contributed by atoms with Crippen molar-refractivity contribution in [2.24, 2.45) is 0 Å². The Hall–Kier alpha value is -3.94. The molecule has 150 valence electrons. The molecule has 0 aromatic heterocycles. The lowest BCUT2D eigenvalue weighted by Crippen LogP contribution is -2.27. The Morgan fingerprint density at radius 1 is 1.10 bits per heavy atom. The summed E-state index contributed by atoms with van der Waals surface area (Å²) in [6.07, 6.45) is -5.64. The van der Waals surface area contributed by atoms with Crippen molar-refractivity contribution < 1.29 is 27.7 Å². The van der Waals surface area contributed by atoms with Gasteiger partial charge in [-0.3, -0.25) is 19.7 Å². The summed E-state index contributed by atoms with van der Waals surface area (Å²) in [7, 11) is 0. The third kappa shape index (κ3) is 6.03. The van der Waals surface area contributed by atoms with Gasteiger partial charge in [-0.05, 0) is 29.8 Å². The molecule has 0 radical (unpaired) electrons. The van der Waals surface area contributed by atoms with Crippen LogP contribution in [0, 0.1) is 21.4 Å². The number of halogens is 3. The number of nitrogens with zero attached hydrogens (tertiary/aromatic N) is 2. The molecule has 2 aromatic carbocycles. The molecule has 0 heterocycles. The van der Waals surface area contributed by atoms with Crippen LogP contribution in [-0.2, 0) is 22.3 Å². The minimum atomic E-state index is -4.98. The highest BCUT2D eigenvalue weighted by atomic mass is 19.4. The second-order valence-electron chi connectivity index (χ2n) is 5.80. The number of carbonyl (C=O) groups is 2. The van der Waals surface area contributed by atoms with Gasteiger partial charge in [0.15, 0.2) is 0 Å². The van der Waals surface area contributed by atoms with E-state index in [0.717, 1.165) is 6.07 Å². The van der Waals surface area contributed by atoms with E-state index in [0.29, 0.717) is 23.3 Å². The highest BCUT2D eigenvalue weighted by molar-refractivity contribution is 6.03. The van der Waals surface area contributed by atoms with E-state index in [4.69, 9.17) is 5.26 Å². The van der Waals surface area contributed by atoms with Crippen molar-refractivity contribution in [1.82, 2.24) is 5.32 Å². The van der Waals surface area contributed by atoms with Crippen LogP contribution in [0.4, 0.5) is 24.5 Å². The van der Waals surface area contributed by atoms with Gasteiger partial charge in [-0.1, -0.05) is 12.1 Å². The average Bonchev–Trinajstić information content (AvgIpc) is 2.65. The number of nitrogens with one attached hydrogen (secondary N) is 2. The summed E-state index contributed by atoms with van der Waals surface area (Å²) in [6, 6.07) is 10.3. The van der Waals surface area contributed by atoms with Crippen LogP contribution < -0.4 is 10.6 Å². The van der Waals surface area contributed by atoms with Crippen molar-refractivity contribution in [3.05, 3.63) is 69.3 Å². The molecule has 0 spiro atoms. The molecule has 8 nitrogen and oxygen atoms in total. The zero-order valence-corrected chi connectivity index (χ0v) is 14.6. The van der Waals surface area contributed by atoms with Crippen LogP contribution >= 0.6 is 0 Å². The number of amides is 2. The molecule has 0 saturated heterocycles. The van der Waals surface area contributed by atoms with E-state index in [1.807, 2.05) is 6.07 Å². The summed E-state index contributed by atoms with van der Waals surface area (Å²) in [5.41, 5.74) is -1.85. The quantitative estimate of drug-likeness (QED) is 0.433. The molecule has 29 heavy (non-hydrogen) atoms. The van der Waals surface area contributed by atoms with Gasteiger partial charge in [0.25, 0.3) is 5.69 Å². The Bertz CT molecular complexity index is 982. The van der Waals surface area contributed by atoms with Gasteiger partial charge >= 0.3 is 6.18 Å². The van der Waals surface area contributed by atoms with Crippen molar-refractivity contribution in [2.45, 2.75) is 19.1 Å². The topological polar surface area (TPSA) is 125 Å². The van der Waals surface area contributed by atoms with Gasteiger partial charge in [-0.2, -0.15) is 18.4 Å². The van der Waals surface area contributed by atoms with E-state index in [2.05, 4.69) is 10.6 Å². The summed E-state index contributed by atoms with van der Waals surface area (Å²) in [5, 5.41) is 24.0. The number of hydrogen-bond donors (Lipinski definition) is 2. The van der Waals surface area contributed by atoms with Gasteiger partial charge in [-0.15, -0.1) is 0 Å². The average molecular weight is 406 g/mol. The van der Waals surface area contributed by atoms with Crippen LogP contribution in [0.2, 0.25) is 0 Å². The first-order valence-corrected chi connectivity index (χ1v) is 8.01. The Kier molecular flexibility index (Phi) is 6.51. The molecular weight excluding hydrogens is 393 g/mol. The fraction of sp³-hybridized carbons (Fsp3) is 0.167. The second kappa shape index (κ2) is 8.83. The van der Waals surface area contributed by atoms with Crippen LogP contribution in [-0.4, -0.2) is 16.7 Å². The lowest BCUT2D eigenvalue weighted by Gasteiger charge is -2.11. The molecule has 0 atom stereocenters. The van der Waals surface area contributed by atoms with E-state index >= 15 is 0 Å².